The van der Waals surface area contributed by atoms with E-state index in [1.54, 1.807) is 7.05 Å². The van der Waals surface area contributed by atoms with Crippen LogP contribution < -0.4 is 0 Å². The van der Waals surface area contributed by atoms with Gasteiger partial charge in [-0.3, -0.25) is 10.2 Å². The third-order valence-corrected chi connectivity index (χ3v) is 0.928. The average molecular weight is 138 g/mol. The summed E-state index contributed by atoms with van der Waals surface area (Å²) in [6.45, 7) is 3.42. The molecule has 0 aliphatic rings. The molecular formula is C7H10N2O. The van der Waals surface area contributed by atoms with E-state index in [4.69, 9.17) is 5.41 Å². The minimum atomic E-state index is 0.464. The topological polar surface area (TPSA) is 44.2 Å². The SMILES string of the molecule is C=C/C(C=O)=C\N(C)C=N. The number of carbonyl (C=O) groups excluding carboxylic acids is 1. The smallest absolute Gasteiger partial charge is 0.151 e. The number of nitrogens with one attached hydrogen (secondary N) is 1. The molecule has 0 spiro atoms. The van der Waals surface area contributed by atoms with E-state index in [-0.39, 0.29) is 0 Å². The molecule has 0 unspecified atom stereocenters. The molecule has 0 atom stereocenters. The summed E-state index contributed by atoms with van der Waals surface area (Å²) in [6, 6.07) is 0. The van der Waals surface area contributed by atoms with Crippen molar-refractivity contribution in [2.24, 2.45) is 0 Å². The quantitative estimate of drug-likeness (QED) is 0.205. The fourth-order valence-electron chi connectivity index (χ4n) is 0.404. The van der Waals surface area contributed by atoms with Crippen molar-refractivity contribution in [2.45, 2.75) is 0 Å². The zero-order valence-corrected chi connectivity index (χ0v) is 5.87. The lowest BCUT2D eigenvalue weighted by Gasteiger charge is -2.03. The molecule has 0 radical (unpaired) electrons. The van der Waals surface area contributed by atoms with Gasteiger partial charge in [-0.1, -0.05) is 12.7 Å². The summed E-state index contributed by atoms with van der Waals surface area (Å²) in [5.41, 5.74) is 0.464. The van der Waals surface area contributed by atoms with E-state index in [1.165, 1.54) is 17.2 Å². The largest absolute Gasteiger partial charge is 0.342 e. The lowest BCUT2D eigenvalue weighted by Crippen LogP contribution is -2.07. The normalized spacial score (nSPS) is 10.3. The first-order chi connectivity index (χ1) is 4.74. The molecule has 0 aromatic rings. The van der Waals surface area contributed by atoms with Crippen LogP contribution in [0.5, 0.6) is 0 Å². The Kier molecular flexibility index (Phi) is 3.87. The highest BCUT2D eigenvalue weighted by Gasteiger charge is 1.87. The van der Waals surface area contributed by atoms with Gasteiger partial charge >= 0.3 is 0 Å². The molecule has 54 valence electrons. The predicted octanol–water partition coefficient (Wildman–Crippen LogP) is 0.794. The maximum absolute atomic E-state index is 10.1. The van der Waals surface area contributed by atoms with Gasteiger partial charge in [0.2, 0.25) is 0 Å². The van der Waals surface area contributed by atoms with Gasteiger partial charge in [0.1, 0.15) is 0 Å². The van der Waals surface area contributed by atoms with Crippen LogP contribution in [0.2, 0.25) is 0 Å². The highest BCUT2D eigenvalue weighted by atomic mass is 16.1. The summed E-state index contributed by atoms with van der Waals surface area (Å²) in [4.78, 5) is 11.6. The Labute approximate surface area is 60.2 Å². The molecule has 0 fully saturated rings. The summed E-state index contributed by atoms with van der Waals surface area (Å²) in [7, 11) is 1.67. The molecule has 3 heteroatoms. The number of allylic oxidation sites excluding steroid dienone is 2. The Morgan fingerprint density at radius 1 is 1.70 bits per heavy atom. The van der Waals surface area contributed by atoms with Crippen LogP contribution in [0.25, 0.3) is 0 Å². The molecule has 0 amide bonds. The van der Waals surface area contributed by atoms with E-state index >= 15 is 0 Å². The zero-order valence-electron chi connectivity index (χ0n) is 5.87. The standard InChI is InChI=1S/C7H10N2O/c1-3-7(5-10)4-9(2)6-8/h3-6,8H,1H2,2H3/b7-4+,8-6?. The second kappa shape index (κ2) is 4.49. The van der Waals surface area contributed by atoms with Gasteiger partial charge in [0.05, 0.1) is 6.34 Å². The van der Waals surface area contributed by atoms with Crippen LogP contribution in [0.4, 0.5) is 0 Å². The number of hydrogen-bond acceptors (Lipinski definition) is 2. The van der Waals surface area contributed by atoms with Gasteiger partial charge < -0.3 is 4.90 Å². The van der Waals surface area contributed by atoms with Crippen LogP contribution in [0.15, 0.2) is 24.4 Å². The van der Waals surface area contributed by atoms with E-state index in [0.29, 0.717) is 11.9 Å². The lowest BCUT2D eigenvalue weighted by atomic mass is 10.3. The Balaban J connectivity index is 4.22. The van der Waals surface area contributed by atoms with Crippen LogP contribution in [0.1, 0.15) is 0 Å². The molecule has 0 heterocycles. The van der Waals surface area contributed by atoms with Crippen molar-refractivity contribution in [1.82, 2.24) is 4.90 Å². The maximum atomic E-state index is 10.1. The summed E-state index contributed by atoms with van der Waals surface area (Å²) in [6.07, 6.45) is 4.75. The molecular weight excluding hydrogens is 128 g/mol. The van der Waals surface area contributed by atoms with Crippen LogP contribution in [0.3, 0.4) is 0 Å². The third kappa shape index (κ3) is 2.81. The van der Waals surface area contributed by atoms with Crippen molar-refractivity contribution in [3.63, 3.8) is 0 Å². The van der Waals surface area contributed by atoms with Crippen LogP contribution >= 0.6 is 0 Å². The molecule has 0 aliphatic heterocycles. The average Bonchev–Trinajstić information content (AvgIpc) is 1.99. The van der Waals surface area contributed by atoms with Crippen molar-refractivity contribution >= 4 is 12.6 Å². The van der Waals surface area contributed by atoms with Crippen LogP contribution in [0, 0.1) is 5.41 Å². The van der Waals surface area contributed by atoms with Gasteiger partial charge in [-0.25, -0.2) is 0 Å². The molecule has 0 bridgehead atoms. The van der Waals surface area contributed by atoms with Gasteiger partial charge in [-0.2, -0.15) is 0 Å². The van der Waals surface area contributed by atoms with E-state index in [1.807, 2.05) is 0 Å². The molecule has 0 aromatic heterocycles. The highest BCUT2D eigenvalue weighted by molar-refractivity contribution is 5.77. The van der Waals surface area contributed by atoms with Crippen molar-refractivity contribution in [1.29, 1.82) is 5.41 Å². The van der Waals surface area contributed by atoms with Crippen LogP contribution in [-0.4, -0.2) is 24.6 Å². The predicted molar refractivity (Wildman–Crippen MR) is 40.9 cm³/mol. The van der Waals surface area contributed by atoms with E-state index in [9.17, 15) is 4.79 Å². The van der Waals surface area contributed by atoms with Crippen molar-refractivity contribution < 1.29 is 4.79 Å². The Morgan fingerprint density at radius 2 is 2.30 bits per heavy atom. The second-order valence-electron chi connectivity index (χ2n) is 1.75. The van der Waals surface area contributed by atoms with Crippen molar-refractivity contribution in [2.75, 3.05) is 7.05 Å². The van der Waals surface area contributed by atoms with E-state index < -0.39 is 0 Å². The Bertz CT molecular complexity index is 162. The fourth-order valence-corrected chi connectivity index (χ4v) is 0.404. The first kappa shape index (κ1) is 8.62. The molecule has 0 saturated heterocycles. The molecule has 1 N–H and O–H groups in total. The number of aldehydes is 1. The number of rotatable bonds is 4. The summed E-state index contributed by atoms with van der Waals surface area (Å²) < 4.78 is 0. The van der Waals surface area contributed by atoms with Gasteiger partial charge in [0.15, 0.2) is 6.29 Å². The monoisotopic (exact) mass is 138 g/mol. The van der Waals surface area contributed by atoms with Crippen LogP contribution in [-0.2, 0) is 4.79 Å². The van der Waals surface area contributed by atoms with E-state index in [0.717, 1.165) is 6.34 Å². The fraction of sp³-hybridized carbons (Fsp3) is 0.143. The lowest BCUT2D eigenvalue weighted by molar-refractivity contribution is -0.104. The molecule has 0 aliphatic carbocycles. The first-order valence-electron chi connectivity index (χ1n) is 2.76. The van der Waals surface area contributed by atoms with Gasteiger partial charge in [-0.15, -0.1) is 0 Å². The Morgan fingerprint density at radius 3 is 2.60 bits per heavy atom. The molecule has 0 aromatic carbocycles. The van der Waals surface area contributed by atoms with Gasteiger partial charge in [0, 0.05) is 18.8 Å². The molecule has 10 heavy (non-hydrogen) atoms. The maximum Gasteiger partial charge on any atom is 0.151 e. The van der Waals surface area contributed by atoms with Crippen molar-refractivity contribution in [3.05, 3.63) is 24.4 Å². The summed E-state index contributed by atoms with van der Waals surface area (Å²) in [5, 5.41) is 6.76. The third-order valence-electron chi connectivity index (χ3n) is 0.928. The van der Waals surface area contributed by atoms with Gasteiger partial charge in [0.25, 0.3) is 0 Å². The van der Waals surface area contributed by atoms with Gasteiger partial charge in [-0.05, 0) is 0 Å². The van der Waals surface area contributed by atoms with Crippen molar-refractivity contribution in [3.8, 4) is 0 Å². The summed E-state index contributed by atoms with van der Waals surface area (Å²) >= 11 is 0. The second-order valence-corrected chi connectivity index (χ2v) is 1.75. The minimum absolute atomic E-state index is 0.464. The summed E-state index contributed by atoms with van der Waals surface area (Å²) in [5.74, 6) is 0. The number of carbonyl (C=O) groups is 1. The Hall–Kier alpha value is -1.38. The first-order valence-corrected chi connectivity index (χ1v) is 2.76. The molecule has 3 nitrogen and oxygen atoms in total. The number of hydrogen-bond donors (Lipinski definition) is 1. The highest BCUT2D eigenvalue weighted by Crippen LogP contribution is 1.90. The number of nitrogens with zero attached hydrogens (tertiary/aromatic N) is 1. The molecule has 0 saturated carbocycles. The zero-order chi connectivity index (χ0) is 7.98. The molecule has 0 rings (SSSR count). The van der Waals surface area contributed by atoms with E-state index in [2.05, 4.69) is 6.58 Å². The minimum Gasteiger partial charge on any atom is -0.342 e.